The lowest BCUT2D eigenvalue weighted by Gasteiger charge is -2.31. The topological polar surface area (TPSA) is 158 Å². The van der Waals surface area contributed by atoms with E-state index in [0.717, 1.165) is 24.0 Å². The molecule has 1 heterocycles. The molecule has 12 nitrogen and oxygen atoms in total. The van der Waals surface area contributed by atoms with Gasteiger partial charge in [-0.1, -0.05) is 65.8 Å². The summed E-state index contributed by atoms with van der Waals surface area (Å²) < 4.78 is 23.0. The third kappa shape index (κ3) is 11.1. The Morgan fingerprint density at radius 3 is 2.04 bits per heavy atom. The standard InChI is InChI=1S/C43H51N5O7/c1-28(2)48(29(3)4)43(51)32-18-21-37(39(26-32)52-5)54-23-13-12-22-53-33-19-20-34-38(27-33)55-47-40(34)46-42(50)36(25-31-16-10-7-11-17-31)45-41(49)35(44)24-30-14-8-6-9-15-30/h6-11,14-21,26-29,35-36H,12-13,22-25,44H2,1-5H3,(H,45,49)(H,46,47,50). The number of carbonyl (C=O) groups is 3. The van der Waals surface area contributed by atoms with Gasteiger partial charge in [0.1, 0.15) is 11.8 Å². The van der Waals surface area contributed by atoms with Crippen LogP contribution in [-0.2, 0) is 22.4 Å². The number of hydrogen-bond acceptors (Lipinski definition) is 9. The molecule has 0 aliphatic carbocycles. The summed E-state index contributed by atoms with van der Waals surface area (Å²) in [6.45, 7) is 8.87. The van der Waals surface area contributed by atoms with E-state index in [9.17, 15) is 14.4 Å². The Labute approximate surface area is 322 Å². The molecule has 2 atom stereocenters. The fraction of sp³-hybridized carbons (Fsp3) is 0.349. The molecule has 0 aliphatic rings. The second kappa shape index (κ2) is 19.4. The zero-order valence-electron chi connectivity index (χ0n) is 32.1. The van der Waals surface area contributed by atoms with Gasteiger partial charge in [0.25, 0.3) is 5.91 Å². The van der Waals surface area contributed by atoms with Crippen molar-refractivity contribution in [2.24, 2.45) is 5.73 Å². The van der Waals surface area contributed by atoms with Gasteiger partial charge < -0.3 is 40.0 Å². The van der Waals surface area contributed by atoms with Crippen molar-refractivity contribution in [3.63, 3.8) is 0 Å². The van der Waals surface area contributed by atoms with Gasteiger partial charge in [0.2, 0.25) is 11.8 Å². The van der Waals surface area contributed by atoms with Crippen LogP contribution in [0.3, 0.4) is 0 Å². The number of aromatic nitrogens is 1. The SMILES string of the molecule is COc1cc(C(=O)N(C(C)C)C(C)C)ccc1OCCCCOc1ccc2c(NC(=O)C(Cc3ccccc3)NC(=O)C(N)Cc3ccccc3)noc2c1. The number of ether oxygens (including phenoxy) is 3. The summed E-state index contributed by atoms with van der Waals surface area (Å²) >= 11 is 0. The number of rotatable bonds is 19. The number of benzene rings is 4. The molecule has 4 aromatic carbocycles. The van der Waals surface area contributed by atoms with Gasteiger partial charge in [-0.3, -0.25) is 14.4 Å². The molecule has 3 amide bonds. The minimum Gasteiger partial charge on any atom is -0.493 e. The van der Waals surface area contributed by atoms with Crippen LogP contribution in [0, 0.1) is 0 Å². The fourth-order valence-corrected chi connectivity index (χ4v) is 6.31. The maximum atomic E-state index is 13.6. The second-order valence-corrected chi connectivity index (χ2v) is 13.9. The van der Waals surface area contributed by atoms with Crippen LogP contribution >= 0.6 is 0 Å². The van der Waals surface area contributed by atoms with Crippen molar-refractivity contribution >= 4 is 34.5 Å². The Morgan fingerprint density at radius 2 is 1.40 bits per heavy atom. The van der Waals surface area contributed by atoms with E-state index in [4.69, 9.17) is 24.5 Å². The van der Waals surface area contributed by atoms with Gasteiger partial charge in [-0.25, -0.2) is 0 Å². The van der Waals surface area contributed by atoms with Crippen molar-refractivity contribution in [3.05, 3.63) is 114 Å². The number of nitrogens with one attached hydrogen (secondary N) is 2. The molecule has 0 saturated heterocycles. The number of nitrogens with two attached hydrogens (primary N) is 1. The number of fused-ring (bicyclic) bond motifs is 1. The third-order valence-electron chi connectivity index (χ3n) is 9.06. The van der Waals surface area contributed by atoms with Crippen molar-refractivity contribution in [1.82, 2.24) is 15.4 Å². The average Bonchev–Trinajstić information content (AvgIpc) is 3.57. The monoisotopic (exact) mass is 749 g/mol. The lowest BCUT2D eigenvalue weighted by Crippen LogP contribution is -2.51. The Morgan fingerprint density at radius 1 is 0.764 bits per heavy atom. The molecule has 5 rings (SSSR count). The summed E-state index contributed by atoms with van der Waals surface area (Å²) in [5.41, 5.74) is 9.02. The highest BCUT2D eigenvalue weighted by molar-refractivity contribution is 6.03. The van der Waals surface area contributed by atoms with E-state index < -0.39 is 23.9 Å². The van der Waals surface area contributed by atoms with Crippen LogP contribution in [-0.4, -0.2) is 72.3 Å². The molecule has 0 spiro atoms. The van der Waals surface area contributed by atoms with E-state index in [1.807, 2.05) is 93.3 Å². The molecule has 12 heteroatoms. The normalized spacial score (nSPS) is 12.3. The highest BCUT2D eigenvalue weighted by Crippen LogP contribution is 2.30. The van der Waals surface area contributed by atoms with Crippen LogP contribution in [0.15, 0.2) is 102 Å². The van der Waals surface area contributed by atoms with Gasteiger partial charge in [-0.05, 0) is 88.4 Å². The molecule has 1 aromatic heterocycles. The third-order valence-corrected chi connectivity index (χ3v) is 9.06. The quantitative estimate of drug-likeness (QED) is 0.0795. The van der Waals surface area contributed by atoms with Gasteiger partial charge in [0.15, 0.2) is 22.9 Å². The Balaban J connectivity index is 1.12. The van der Waals surface area contributed by atoms with Crippen molar-refractivity contribution in [2.75, 3.05) is 25.6 Å². The molecule has 0 saturated carbocycles. The Bertz CT molecular complexity index is 2010. The zero-order valence-corrected chi connectivity index (χ0v) is 32.1. The van der Waals surface area contributed by atoms with Crippen LogP contribution in [0.2, 0.25) is 0 Å². The number of carbonyl (C=O) groups excluding carboxylic acids is 3. The van der Waals surface area contributed by atoms with Gasteiger partial charge in [0.05, 0.1) is 31.8 Å². The predicted molar refractivity (Wildman–Crippen MR) is 212 cm³/mol. The smallest absolute Gasteiger partial charge is 0.254 e. The summed E-state index contributed by atoms with van der Waals surface area (Å²) in [6.07, 6.45) is 2.03. The number of hydrogen-bond donors (Lipinski definition) is 3. The van der Waals surface area contributed by atoms with Gasteiger partial charge in [-0.2, -0.15) is 0 Å². The minimum absolute atomic E-state index is 0.0507. The van der Waals surface area contributed by atoms with Crippen molar-refractivity contribution in [2.45, 2.75) is 77.5 Å². The lowest BCUT2D eigenvalue weighted by atomic mass is 10.0. The van der Waals surface area contributed by atoms with Gasteiger partial charge in [0, 0.05) is 30.1 Å². The minimum atomic E-state index is -0.912. The van der Waals surface area contributed by atoms with Crippen LogP contribution in [0.5, 0.6) is 17.2 Å². The maximum absolute atomic E-state index is 13.6. The first-order valence-electron chi connectivity index (χ1n) is 18.6. The van der Waals surface area contributed by atoms with Gasteiger partial charge in [-0.15, -0.1) is 0 Å². The highest BCUT2D eigenvalue weighted by atomic mass is 16.5. The summed E-state index contributed by atoms with van der Waals surface area (Å²) in [5, 5.41) is 10.3. The van der Waals surface area contributed by atoms with Crippen LogP contribution in [0.1, 0.15) is 62.0 Å². The molecule has 55 heavy (non-hydrogen) atoms. The van der Waals surface area contributed by atoms with E-state index >= 15 is 0 Å². The van der Waals surface area contributed by atoms with Crippen molar-refractivity contribution in [1.29, 1.82) is 0 Å². The van der Waals surface area contributed by atoms with Crippen molar-refractivity contribution in [3.8, 4) is 17.2 Å². The molecular weight excluding hydrogens is 699 g/mol. The predicted octanol–water partition coefficient (Wildman–Crippen LogP) is 6.57. The second-order valence-electron chi connectivity index (χ2n) is 13.9. The molecule has 290 valence electrons. The number of amides is 3. The van der Waals surface area contributed by atoms with E-state index in [1.54, 1.807) is 43.5 Å². The van der Waals surface area contributed by atoms with Gasteiger partial charge >= 0.3 is 0 Å². The van der Waals surface area contributed by atoms with Crippen LogP contribution in [0.25, 0.3) is 11.0 Å². The number of methoxy groups -OCH3 is 1. The fourth-order valence-electron chi connectivity index (χ4n) is 6.31. The molecule has 4 N–H and O–H groups in total. The molecular formula is C43H51N5O7. The van der Waals surface area contributed by atoms with E-state index in [1.165, 1.54) is 0 Å². The average molecular weight is 750 g/mol. The maximum Gasteiger partial charge on any atom is 0.254 e. The molecule has 5 aromatic rings. The molecule has 0 bridgehead atoms. The lowest BCUT2D eigenvalue weighted by molar-refractivity contribution is -0.127. The summed E-state index contributed by atoms with van der Waals surface area (Å²) in [5.74, 6) is 0.959. The first kappa shape index (κ1) is 40.3. The zero-order chi connectivity index (χ0) is 39.3. The van der Waals surface area contributed by atoms with E-state index in [0.29, 0.717) is 53.4 Å². The Kier molecular flexibility index (Phi) is 14.3. The number of anilines is 1. The van der Waals surface area contributed by atoms with Crippen LogP contribution < -0.4 is 30.6 Å². The molecule has 2 unspecified atom stereocenters. The molecule has 0 aliphatic heterocycles. The summed E-state index contributed by atoms with van der Waals surface area (Å²) in [6, 6.07) is 27.8. The first-order chi connectivity index (χ1) is 26.5. The summed E-state index contributed by atoms with van der Waals surface area (Å²) in [4.78, 5) is 41.7. The van der Waals surface area contributed by atoms with Crippen molar-refractivity contribution < 1.29 is 33.1 Å². The first-order valence-corrected chi connectivity index (χ1v) is 18.6. The number of nitrogens with zero attached hydrogens (tertiary/aromatic N) is 2. The molecule has 0 radical (unpaired) electrons. The molecule has 0 fully saturated rings. The Hall–Kier alpha value is -5.88. The van der Waals surface area contributed by atoms with E-state index in [-0.39, 0.29) is 30.2 Å². The number of unbranched alkanes of at least 4 members (excludes halogenated alkanes) is 1. The van der Waals surface area contributed by atoms with E-state index in [2.05, 4.69) is 15.8 Å². The summed E-state index contributed by atoms with van der Waals surface area (Å²) in [7, 11) is 1.56. The highest BCUT2D eigenvalue weighted by Gasteiger charge is 2.26. The largest absolute Gasteiger partial charge is 0.493 e. The van der Waals surface area contributed by atoms with Crippen LogP contribution in [0.4, 0.5) is 5.82 Å².